The lowest BCUT2D eigenvalue weighted by Crippen LogP contribution is -2.08. The summed E-state index contributed by atoms with van der Waals surface area (Å²) in [5.74, 6) is -0.115. The lowest BCUT2D eigenvalue weighted by Gasteiger charge is -2.11. The summed E-state index contributed by atoms with van der Waals surface area (Å²) in [6.45, 7) is 1.73. The van der Waals surface area contributed by atoms with Gasteiger partial charge in [-0.25, -0.2) is 0 Å². The van der Waals surface area contributed by atoms with Crippen LogP contribution in [0.15, 0.2) is 18.2 Å². The Bertz CT molecular complexity index is 304. The standard InChI is InChI=1S/C9H8ClF3/c1-6-2-3-8(9(11,12)13)7(4-6)5-10/h2-4H,5H2,1H3. The van der Waals surface area contributed by atoms with Crippen LogP contribution in [0.4, 0.5) is 13.2 Å². The zero-order valence-electron chi connectivity index (χ0n) is 6.95. The van der Waals surface area contributed by atoms with Crippen LogP contribution in [0.5, 0.6) is 0 Å². The van der Waals surface area contributed by atoms with Crippen molar-refractivity contribution in [3.8, 4) is 0 Å². The number of aryl methyl sites for hydroxylation is 1. The summed E-state index contributed by atoms with van der Waals surface area (Å²) < 4.78 is 36.9. The normalized spacial score (nSPS) is 11.8. The summed E-state index contributed by atoms with van der Waals surface area (Å²) >= 11 is 5.41. The first-order valence-electron chi connectivity index (χ1n) is 3.68. The quantitative estimate of drug-likeness (QED) is 0.617. The van der Waals surface area contributed by atoms with Crippen LogP contribution in [-0.4, -0.2) is 0 Å². The Kier molecular flexibility index (Phi) is 2.86. The molecule has 0 spiro atoms. The van der Waals surface area contributed by atoms with Gasteiger partial charge in [-0.1, -0.05) is 17.7 Å². The summed E-state index contributed by atoms with van der Waals surface area (Å²) in [5.41, 5.74) is 0.269. The van der Waals surface area contributed by atoms with Crippen molar-refractivity contribution in [1.29, 1.82) is 0 Å². The van der Waals surface area contributed by atoms with Crippen molar-refractivity contribution >= 4 is 11.6 Å². The van der Waals surface area contributed by atoms with E-state index >= 15 is 0 Å². The fourth-order valence-electron chi connectivity index (χ4n) is 1.11. The molecule has 13 heavy (non-hydrogen) atoms. The van der Waals surface area contributed by atoms with Crippen molar-refractivity contribution in [3.05, 3.63) is 34.9 Å². The number of hydrogen-bond acceptors (Lipinski definition) is 0. The van der Waals surface area contributed by atoms with E-state index in [1.807, 2.05) is 0 Å². The van der Waals surface area contributed by atoms with Gasteiger partial charge in [-0.15, -0.1) is 11.6 Å². The minimum Gasteiger partial charge on any atom is -0.166 e. The van der Waals surface area contributed by atoms with Gasteiger partial charge in [0.15, 0.2) is 0 Å². The van der Waals surface area contributed by atoms with Crippen molar-refractivity contribution in [2.24, 2.45) is 0 Å². The minimum atomic E-state index is -4.31. The van der Waals surface area contributed by atoms with E-state index in [1.54, 1.807) is 6.92 Å². The van der Waals surface area contributed by atoms with Gasteiger partial charge in [0, 0.05) is 5.88 Å². The molecule has 1 aromatic rings. The van der Waals surface area contributed by atoms with Gasteiger partial charge in [-0.2, -0.15) is 13.2 Å². The second kappa shape index (κ2) is 3.58. The fourth-order valence-corrected chi connectivity index (χ4v) is 1.33. The van der Waals surface area contributed by atoms with E-state index in [-0.39, 0.29) is 11.4 Å². The minimum absolute atomic E-state index is 0.115. The SMILES string of the molecule is Cc1ccc(C(F)(F)F)c(CCl)c1. The third-order valence-electron chi connectivity index (χ3n) is 1.71. The summed E-state index contributed by atoms with van der Waals surface area (Å²) in [6.07, 6.45) is -4.31. The van der Waals surface area contributed by atoms with Crippen molar-refractivity contribution < 1.29 is 13.2 Å². The van der Waals surface area contributed by atoms with Gasteiger partial charge < -0.3 is 0 Å². The first kappa shape index (κ1) is 10.4. The van der Waals surface area contributed by atoms with Crippen LogP contribution in [0.3, 0.4) is 0 Å². The summed E-state index contributed by atoms with van der Waals surface area (Å²) in [7, 11) is 0. The molecule has 0 heterocycles. The number of hydrogen-bond donors (Lipinski definition) is 0. The van der Waals surface area contributed by atoms with Crippen LogP contribution >= 0.6 is 11.6 Å². The van der Waals surface area contributed by atoms with Crippen LogP contribution in [0, 0.1) is 6.92 Å². The number of halogens is 4. The highest BCUT2D eigenvalue weighted by Gasteiger charge is 2.32. The maximum absolute atomic E-state index is 12.3. The summed E-state index contributed by atoms with van der Waals surface area (Å²) in [4.78, 5) is 0. The summed E-state index contributed by atoms with van der Waals surface area (Å²) in [6, 6.07) is 3.95. The average molecular weight is 209 g/mol. The van der Waals surface area contributed by atoms with E-state index in [4.69, 9.17) is 11.6 Å². The second-order valence-electron chi connectivity index (χ2n) is 2.79. The topological polar surface area (TPSA) is 0 Å². The highest BCUT2D eigenvalue weighted by atomic mass is 35.5. The molecule has 1 aromatic carbocycles. The summed E-state index contributed by atoms with van der Waals surface area (Å²) in [5, 5.41) is 0. The molecular formula is C9H8ClF3. The van der Waals surface area contributed by atoms with E-state index in [0.29, 0.717) is 0 Å². The zero-order valence-corrected chi connectivity index (χ0v) is 7.71. The molecule has 0 radical (unpaired) electrons. The van der Waals surface area contributed by atoms with Gasteiger partial charge in [0.05, 0.1) is 5.56 Å². The van der Waals surface area contributed by atoms with E-state index in [1.165, 1.54) is 12.1 Å². The van der Waals surface area contributed by atoms with Crippen molar-refractivity contribution in [2.75, 3.05) is 0 Å². The molecule has 0 bridgehead atoms. The molecule has 0 saturated heterocycles. The average Bonchev–Trinajstić information content (AvgIpc) is 2.01. The number of alkyl halides is 4. The molecule has 0 aliphatic rings. The van der Waals surface area contributed by atoms with Crippen LogP contribution in [-0.2, 0) is 12.1 Å². The third kappa shape index (κ3) is 2.37. The molecule has 0 N–H and O–H groups in total. The van der Waals surface area contributed by atoms with E-state index in [9.17, 15) is 13.2 Å². The Balaban J connectivity index is 3.22. The molecule has 0 amide bonds. The highest BCUT2D eigenvalue weighted by Crippen LogP contribution is 2.32. The second-order valence-corrected chi connectivity index (χ2v) is 3.06. The monoisotopic (exact) mass is 208 g/mol. The van der Waals surface area contributed by atoms with E-state index in [0.717, 1.165) is 11.6 Å². The third-order valence-corrected chi connectivity index (χ3v) is 2.00. The van der Waals surface area contributed by atoms with Gasteiger partial charge in [0.1, 0.15) is 0 Å². The highest BCUT2D eigenvalue weighted by molar-refractivity contribution is 6.17. The van der Waals surface area contributed by atoms with Crippen molar-refractivity contribution in [2.45, 2.75) is 19.0 Å². The van der Waals surface area contributed by atoms with Gasteiger partial charge >= 0.3 is 6.18 Å². The van der Waals surface area contributed by atoms with Crippen molar-refractivity contribution in [3.63, 3.8) is 0 Å². The molecule has 0 nitrogen and oxygen atoms in total. The Hall–Kier alpha value is -0.700. The molecule has 0 unspecified atom stereocenters. The zero-order chi connectivity index (χ0) is 10.1. The Morgan fingerprint density at radius 3 is 2.38 bits per heavy atom. The van der Waals surface area contributed by atoms with Crippen LogP contribution < -0.4 is 0 Å². The van der Waals surface area contributed by atoms with E-state index < -0.39 is 11.7 Å². The van der Waals surface area contributed by atoms with E-state index in [2.05, 4.69) is 0 Å². The Morgan fingerprint density at radius 2 is 1.92 bits per heavy atom. The van der Waals surface area contributed by atoms with Gasteiger partial charge in [-0.05, 0) is 18.6 Å². The molecule has 0 aliphatic heterocycles. The lowest BCUT2D eigenvalue weighted by molar-refractivity contribution is -0.138. The smallest absolute Gasteiger partial charge is 0.166 e. The fraction of sp³-hybridized carbons (Fsp3) is 0.333. The molecule has 0 saturated carbocycles. The molecule has 0 aliphatic carbocycles. The lowest BCUT2D eigenvalue weighted by atomic mass is 10.1. The predicted molar refractivity (Wildman–Crippen MR) is 45.7 cm³/mol. The van der Waals surface area contributed by atoms with Gasteiger partial charge in [-0.3, -0.25) is 0 Å². The van der Waals surface area contributed by atoms with Crippen LogP contribution in [0.2, 0.25) is 0 Å². The molecule has 0 atom stereocenters. The van der Waals surface area contributed by atoms with Crippen LogP contribution in [0.25, 0.3) is 0 Å². The predicted octanol–water partition coefficient (Wildman–Crippen LogP) is 3.75. The van der Waals surface area contributed by atoms with Gasteiger partial charge in [0.25, 0.3) is 0 Å². The molecule has 72 valence electrons. The number of rotatable bonds is 1. The molecule has 0 fully saturated rings. The Morgan fingerprint density at radius 1 is 1.31 bits per heavy atom. The molecule has 1 rings (SSSR count). The van der Waals surface area contributed by atoms with Crippen LogP contribution in [0.1, 0.15) is 16.7 Å². The number of benzene rings is 1. The van der Waals surface area contributed by atoms with Crippen molar-refractivity contribution in [1.82, 2.24) is 0 Å². The molecule has 0 aromatic heterocycles. The first-order chi connectivity index (χ1) is 5.95. The first-order valence-corrected chi connectivity index (χ1v) is 4.21. The van der Waals surface area contributed by atoms with Gasteiger partial charge in [0.2, 0.25) is 0 Å². The maximum Gasteiger partial charge on any atom is 0.416 e. The maximum atomic E-state index is 12.3. The Labute approximate surface area is 79.3 Å². The molecule has 4 heteroatoms. The molecular weight excluding hydrogens is 201 g/mol. The largest absolute Gasteiger partial charge is 0.416 e.